The monoisotopic (exact) mass is 224 g/mol. The Labute approximate surface area is 96.6 Å². The Morgan fingerprint density at radius 1 is 1.31 bits per heavy atom. The van der Waals surface area contributed by atoms with Crippen LogP contribution in [0.3, 0.4) is 0 Å². The fraction of sp³-hybridized carbons (Fsp3) is 0.500. The lowest BCUT2D eigenvalue weighted by molar-refractivity contribution is 0.203. The molecule has 4 heteroatoms. The largest absolute Gasteiger partial charge is 0.399 e. The molecule has 4 nitrogen and oxygen atoms in total. The number of methoxy groups -OCH3 is 1. The number of rotatable bonds is 6. The second kappa shape index (κ2) is 6.35. The van der Waals surface area contributed by atoms with Crippen molar-refractivity contribution in [3.63, 3.8) is 0 Å². The minimum atomic E-state index is 0.123. The molecule has 0 bridgehead atoms. The number of aryl methyl sites for hydroxylation is 1. The smallest absolute Gasteiger partial charge is 0.0637 e. The summed E-state index contributed by atoms with van der Waals surface area (Å²) in [7, 11) is 1.67. The maximum absolute atomic E-state index is 9.02. The zero-order chi connectivity index (χ0) is 12.0. The second-order valence-corrected chi connectivity index (χ2v) is 3.81. The summed E-state index contributed by atoms with van der Waals surface area (Å²) in [4.78, 5) is 2.06. The van der Waals surface area contributed by atoms with Crippen LogP contribution in [0.15, 0.2) is 18.2 Å². The maximum Gasteiger partial charge on any atom is 0.0637 e. The second-order valence-electron chi connectivity index (χ2n) is 3.81. The molecule has 16 heavy (non-hydrogen) atoms. The minimum Gasteiger partial charge on any atom is -0.399 e. The van der Waals surface area contributed by atoms with Gasteiger partial charge >= 0.3 is 0 Å². The summed E-state index contributed by atoms with van der Waals surface area (Å²) in [5.74, 6) is 0. The summed E-state index contributed by atoms with van der Waals surface area (Å²) in [5, 5.41) is 9.02. The zero-order valence-electron chi connectivity index (χ0n) is 9.94. The van der Waals surface area contributed by atoms with E-state index in [0.717, 1.165) is 23.5 Å². The molecule has 1 rings (SSSR count). The highest BCUT2D eigenvalue weighted by Crippen LogP contribution is 2.20. The summed E-state index contributed by atoms with van der Waals surface area (Å²) in [5.41, 5.74) is 8.70. The fourth-order valence-electron chi connectivity index (χ4n) is 1.67. The quantitative estimate of drug-likeness (QED) is 0.708. The van der Waals surface area contributed by atoms with E-state index < -0.39 is 0 Å². The van der Waals surface area contributed by atoms with E-state index in [1.54, 1.807) is 7.11 Å². The summed E-state index contributed by atoms with van der Waals surface area (Å²) >= 11 is 0. The van der Waals surface area contributed by atoms with Gasteiger partial charge in [-0.05, 0) is 30.7 Å². The van der Waals surface area contributed by atoms with Crippen LogP contribution in [0.4, 0.5) is 11.4 Å². The average molecular weight is 224 g/mol. The SMILES string of the molecule is COCCN(CCO)c1cc(C)cc(N)c1. The number of aliphatic hydroxyl groups is 1. The standard InChI is InChI=1S/C12H20N2O2/c1-10-7-11(13)9-12(8-10)14(3-5-15)4-6-16-2/h7-9,15H,3-6,13H2,1-2H3. The number of nitrogens with zero attached hydrogens (tertiary/aromatic N) is 1. The fourth-order valence-corrected chi connectivity index (χ4v) is 1.67. The van der Waals surface area contributed by atoms with Crippen LogP contribution < -0.4 is 10.6 Å². The molecule has 0 amide bonds. The normalized spacial score (nSPS) is 10.4. The molecule has 3 N–H and O–H groups in total. The van der Waals surface area contributed by atoms with Crippen LogP contribution in [0.25, 0.3) is 0 Å². The highest BCUT2D eigenvalue weighted by atomic mass is 16.5. The molecular weight excluding hydrogens is 204 g/mol. The van der Waals surface area contributed by atoms with E-state index in [1.165, 1.54) is 0 Å². The van der Waals surface area contributed by atoms with Crippen molar-refractivity contribution in [2.24, 2.45) is 0 Å². The molecule has 1 aromatic rings. The van der Waals surface area contributed by atoms with Crippen LogP contribution in [0, 0.1) is 6.92 Å². The zero-order valence-corrected chi connectivity index (χ0v) is 9.94. The highest BCUT2D eigenvalue weighted by Gasteiger charge is 2.06. The van der Waals surface area contributed by atoms with Gasteiger partial charge in [0.2, 0.25) is 0 Å². The van der Waals surface area contributed by atoms with E-state index >= 15 is 0 Å². The topological polar surface area (TPSA) is 58.7 Å². The number of ether oxygens (including phenoxy) is 1. The number of hydrogen-bond acceptors (Lipinski definition) is 4. The predicted octanol–water partition coefficient (Wildman–Crippen LogP) is 1.02. The molecule has 0 radical (unpaired) electrons. The molecular formula is C12H20N2O2. The number of anilines is 2. The Bertz CT molecular complexity index is 309. The van der Waals surface area contributed by atoms with Crippen LogP contribution in [0.5, 0.6) is 0 Å². The van der Waals surface area contributed by atoms with Gasteiger partial charge in [-0.2, -0.15) is 0 Å². The number of nitrogens with two attached hydrogens (primary N) is 1. The van der Waals surface area contributed by atoms with Crippen molar-refractivity contribution >= 4 is 11.4 Å². The van der Waals surface area contributed by atoms with E-state index in [4.69, 9.17) is 15.6 Å². The van der Waals surface area contributed by atoms with E-state index in [2.05, 4.69) is 11.0 Å². The van der Waals surface area contributed by atoms with E-state index in [1.807, 2.05) is 19.1 Å². The number of aliphatic hydroxyl groups excluding tert-OH is 1. The summed E-state index contributed by atoms with van der Waals surface area (Å²) < 4.78 is 5.05. The number of nitrogen functional groups attached to an aromatic ring is 1. The average Bonchev–Trinajstić information content (AvgIpc) is 2.22. The summed E-state index contributed by atoms with van der Waals surface area (Å²) in [6, 6.07) is 5.90. The van der Waals surface area contributed by atoms with Crippen molar-refractivity contribution in [2.45, 2.75) is 6.92 Å². The summed E-state index contributed by atoms with van der Waals surface area (Å²) in [6.07, 6.45) is 0. The Kier molecular flexibility index (Phi) is 5.08. The Hall–Kier alpha value is -1.26. The van der Waals surface area contributed by atoms with Crippen LogP contribution in [-0.2, 0) is 4.74 Å². The van der Waals surface area contributed by atoms with Gasteiger partial charge in [0.15, 0.2) is 0 Å². The molecule has 0 aliphatic heterocycles. The van der Waals surface area contributed by atoms with Gasteiger partial charge in [0, 0.05) is 31.6 Å². The van der Waals surface area contributed by atoms with Gasteiger partial charge in [0.25, 0.3) is 0 Å². The predicted molar refractivity (Wildman–Crippen MR) is 66.8 cm³/mol. The Balaban J connectivity index is 2.82. The number of hydrogen-bond donors (Lipinski definition) is 2. The molecule has 0 saturated carbocycles. The molecule has 0 saturated heterocycles. The Morgan fingerprint density at radius 3 is 2.62 bits per heavy atom. The van der Waals surface area contributed by atoms with E-state index in [0.29, 0.717) is 13.2 Å². The first kappa shape index (κ1) is 12.8. The van der Waals surface area contributed by atoms with Crippen molar-refractivity contribution in [2.75, 3.05) is 44.0 Å². The van der Waals surface area contributed by atoms with Gasteiger partial charge in [0.05, 0.1) is 13.2 Å². The molecule has 0 aliphatic carbocycles. The maximum atomic E-state index is 9.02. The molecule has 0 heterocycles. The molecule has 1 aromatic carbocycles. The molecule has 0 unspecified atom stereocenters. The van der Waals surface area contributed by atoms with Gasteiger partial charge < -0.3 is 20.5 Å². The van der Waals surface area contributed by atoms with Crippen molar-refractivity contribution in [3.05, 3.63) is 23.8 Å². The number of benzene rings is 1. The van der Waals surface area contributed by atoms with Crippen molar-refractivity contribution in [1.29, 1.82) is 0 Å². The Morgan fingerprint density at radius 2 is 2.06 bits per heavy atom. The van der Waals surface area contributed by atoms with Gasteiger partial charge in [0.1, 0.15) is 0 Å². The van der Waals surface area contributed by atoms with Crippen LogP contribution in [-0.4, -0.2) is 38.5 Å². The lowest BCUT2D eigenvalue weighted by Crippen LogP contribution is -2.30. The van der Waals surface area contributed by atoms with Gasteiger partial charge in [-0.25, -0.2) is 0 Å². The molecule has 0 atom stereocenters. The summed E-state index contributed by atoms with van der Waals surface area (Å²) in [6.45, 7) is 4.10. The third-order valence-corrected chi connectivity index (χ3v) is 2.38. The van der Waals surface area contributed by atoms with Crippen LogP contribution >= 0.6 is 0 Å². The van der Waals surface area contributed by atoms with Crippen molar-refractivity contribution < 1.29 is 9.84 Å². The van der Waals surface area contributed by atoms with Gasteiger partial charge in [-0.1, -0.05) is 0 Å². The van der Waals surface area contributed by atoms with E-state index in [-0.39, 0.29) is 6.61 Å². The van der Waals surface area contributed by atoms with Crippen LogP contribution in [0.1, 0.15) is 5.56 Å². The van der Waals surface area contributed by atoms with Crippen molar-refractivity contribution in [1.82, 2.24) is 0 Å². The van der Waals surface area contributed by atoms with Gasteiger partial charge in [-0.15, -0.1) is 0 Å². The first-order chi connectivity index (χ1) is 7.67. The van der Waals surface area contributed by atoms with E-state index in [9.17, 15) is 0 Å². The third-order valence-electron chi connectivity index (χ3n) is 2.38. The lowest BCUT2D eigenvalue weighted by atomic mass is 10.2. The molecule has 0 aromatic heterocycles. The molecule has 90 valence electrons. The van der Waals surface area contributed by atoms with Crippen LogP contribution in [0.2, 0.25) is 0 Å². The minimum absolute atomic E-state index is 0.123. The lowest BCUT2D eigenvalue weighted by Gasteiger charge is -2.24. The first-order valence-electron chi connectivity index (χ1n) is 5.39. The van der Waals surface area contributed by atoms with Gasteiger partial charge in [-0.3, -0.25) is 0 Å². The molecule has 0 fully saturated rings. The molecule has 0 aliphatic rings. The third kappa shape index (κ3) is 3.72. The van der Waals surface area contributed by atoms with Crippen molar-refractivity contribution in [3.8, 4) is 0 Å². The first-order valence-corrected chi connectivity index (χ1v) is 5.39. The molecule has 0 spiro atoms. The highest BCUT2D eigenvalue weighted by molar-refractivity contribution is 5.58.